The first-order valence-corrected chi connectivity index (χ1v) is 5.52. The first-order valence-electron chi connectivity index (χ1n) is 5.52. The van der Waals surface area contributed by atoms with Gasteiger partial charge >= 0.3 is 0 Å². The fourth-order valence-corrected chi connectivity index (χ4v) is 1.97. The van der Waals surface area contributed by atoms with Gasteiger partial charge in [0.25, 0.3) is 0 Å². The number of benzene rings is 1. The number of ether oxygens (including phenoxy) is 2. The lowest BCUT2D eigenvalue weighted by Gasteiger charge is -2.03. The molecule has 3 rings (SSSR count). The highest BCUT2D eigenvalue weighted by Crippen LogP contribution is 2.41. The predicted octanol–water partition coefficient (Wildman–Crippen LogP) is 0.414. The Hall–Kier alpha value is -2.33. The van der Waals surface area contributed by atoms with E-state index in [1.54, 1.807) is 10.7 Å². The maximum atomic E-state index is 9.04. The van der Waals surface area contributed by atoms with Crippen LogP contribution in [0.5, 0.6) is 11.5 Å². The van der Waals surface area contributed by atoms with E-state index in [0.717, 1.165) is 0 Å². The van der Waals surface area contributed by atoms with Crippen LogP contribution < -0.4 is 9.47 Å². The molecule has 0 unspecified atom stereocenters. The standard InChI is InChI=1S/C11H10N4O3/c12-5-7-4-8-9(11-10(7)17-6-18-11)15(14-13-8)2-1-3-16/h4,16H,1-3,6H2. The van der Waals surface area contributed by atoms with E-state index in [4.69, 9.17) is 19.8 Å². The summed E-state index contributed by atoms with van der Waals surface area (Å²) in [5.41, 5.74) is 1.69. The molecule has 92 valence electrons. The van der Waals surface area contributed by atoms with Crippen molar-refractivity contribution in [1.29, 1.82) is 5.26 Å². The van der Waals surface area contributed by atoms with Gasteiger partial charge in [-0.2, -0.15) is 5.26 Å². The summed E-state index contributed by atoms with van der Waals surface area (Å²) < 4.78 is 12.3. The van der Waals surface area contributed by atoms with Gasteiger partial charge in [0.2, 0.25) is 6.79 Å². The van der Waals surface area contributed by atoms with Crippen LogP contribution in [0.4, 0.5) is 0 Å². The van der Waals surface area contributed by atoms with E-state index in [9.17, 15) is 0 Å². The van der Waals surface area contributed by atoms with Crippen LogP contribution in [0.25, 0.3) is 11.0 Å². The molecule has 0 saturated heterocycles. The van der Waals surface area contributed by atoms with Crippen molar-refractivity contribution in [3.63, 3.8) is 0 Å². The third-order valence-electron chi connectivity index (χ3n) is 2.76. The summed E-state index contributed by atoms with van der Waals surface area (Å²) in [4.78, 5) is 0. The van der Waals surface area contributed by atoms with Crippen molar-refractivity contribution in [1.82, 2.24) is 15.0 Å². The van der Waals surface area contributed by atoms with Crippen molar-refractivity contribution >= 4 is 11.0 Å². The molecule has 2 aromatic rings. The number of hydrogen-bond acceptors (Lipinski definition) is 6. The van der Waals surface area contributed by atoms with Crippen molar-refractivity contribution in [2.45, 2.75) is 13.0 Å². The molecule has 7 nitrogen and oxygen atoms in total. The monoisotopic (exact) mass is 246 g/mol. The third-order valence-corrected chi connectivity index (χ3v) is 2.76. The minimum absolute atomic E-state index is 0.0805. The zero-order valence-electron chi connectivity index (χ0n) is 9.46. The summed E-state index contributed by atoms with van der Waals surface area (Å²) in [5.74, 6) is 0.949. The molecule has 1 aromatic heterocycles. The number of fused-ring (bicyclic) bond motifs is 3. The Kier molecular flexibility index (Phi) is 2.50. The minimum atomic E-state index is 0.0805. The summed E-state index contributed by atoms with van der Waals surface area (Å²) in [5, 5.41) is 25.9. The highest BCUT2D eigenvalue weighted by atomic mass is 16.7. The van der Waals surface area contributed by atoms with Crippen LogP contribution in [0.1, 0.15) is 12.0 Å². The summed E-state index contributed by atoms with van der Waals surface area (Å²) in [6.45, 7) is 0.709. The average Bonchev–Trinajstić information content (AvgIpc) is 3.01. The van der Waals surface area contributed by atoms with Gasteiger partial charge in [-0.15, -0.1) is 5.10 Å². The minimum Gasteiger partial charge on any atom is -0.452 e. The molecule has 18 heavy (non-hydrogen) atoms. The van der Waals surface area contributed by atoms with Gasteiger partial charge in [0.1, 0.15) is 22.7 Å². The topological polar surface area (TPSA) is 93.2 Å². The molecule has 1 aliphatic heterocycles. The molecule has 0 bridgehead atoms. The first kappa shape index (κ1) is 10.8. The lowest BCUT2D eigenvalue weighted by atomic mass is 10.1. The van der Waals surface area contributed by atoms with Gasteiger partial charge in [-0.3, -0.25) is 0 Å². The molecule has 1 aromatic carbocycles. The molecule has 0 amide bonds. The van der Waals surface area contributed by atoms with Gasteiger partial charge in [0.15, 0.2) is 11.5 Å². The summed E-state index contributed by atoms with van der Waals surface area (Å²) in [6.07, 6.45) is 0.577. The van der Waals surface area contributed by atoms with Gasteiger partial charge in [0, 0.05) is 13.2 Å². The molecule has 0 atom stereocenters. The number of nitrogens with zero attached hydrogens (tertiary/aromatic N) is 4. The second-order valence-corrected chi connectivity index (χ2v) is 3.86. The average molecular weight is 246 g/mol. The Balaban J connectivity index is 2.20. The number of aliphatic hydroxyl groups is 1. The second kappa shape index (κ2) is 4.16. The number of aryl methyl sites for hydroxylation is 1. The van der Waals surface area contributed by atoms with Gasteiger partial charge < -0.3 is 14.6 Å². The summed E-state index contributed by atoms with van der Waals surface area (Å²) >= 11 is 0. The van der Waals surface area contributed by atoms with Crippen LogP contribution in [0.3, 0.4) is 0 Å². The summed E-state index contributed by atoms with van der Waals surface area (Å²) in [7, 11) is 0. The van der Waals surface area contributed by atoms with Gasteiger partial charge in [-0.25, -0.2) is 4.68 Å². The van der Waals surface area contributed by atoms with Crippen molar-refractivity contribution in [3.05, 3.63) is 11.6 Å². The molecule has 0 aliphatic carbocycles. The van der Waals surface area contributed by atoms with Crippen molar-refractivity contribution < 1.29 is 14.6 Å². The fraction of sp³-hybridized carbons (Fsp3) is 0.364. The maximum absolute atomic E-state index is 9.04. The van der Waals surface area contributed by atoms with Crippen LogP contribution in [0, 0.1) is 11.3 Å². The lowest BCUT2D eigenvalue weighted by molar-refractivity contribution is 0.174. The lowest BCUT2D eigenvalue weighted by Crippen LogP contribution is -2.03. The van der Waals surface area contributed by atoms with Crippen LogP contribution in [0.15, 0.2) is 6.07 Å². The van der Waals surface area contributed by atoms with Crippen LogP contribution >= 0.6 is 0 Å². The molecule has 1 N–H and O–H groups in total. The van der Waals surface area contributed by atoms with Crippen molar-refractivity contribution in [3.8, 4) is 17.6 Å². The molecule has 0 fully saturated rings. The Morgan fingerprint density at radius 2 is 2.28 bits per heavy atom. The van der Waals surface area contributed by atoms with Crippen molar-refractivity contribution in [2.24, 2.45) is 0 Å². The molecule has 2 heterocycles. The van der Waals surface area contributed by atoms with E-state index in [-0.39, 0.29) is 13.4 Å². The molecular weight excluding hydrogens is 236 g/mol. The summed E-state index contributed by atoms with van der Waals surface area (Å²) in [6, 6.07) is 3.68. The van der Waals surface area contributed by atoms with Gasteiger partial charge in [-0.1, -0.05) is 5.21 Å². The highest BCUT2D eigenvalue weighted by molar-refractivity contribution is 5.87. The Labute approximate surface area is 102 Å². The SMILES string of the molecule is N#Cc1cc2nnn(CCCO)c2c2c1OCO2. The maximum Gasteiger partial charge on any atom is 0.231 e. The quantitative estimate of drug-likeness (QED) is 0.843. The molecule has 7 heteroatoms. The normalized spacial score (nSPS) is 12.9. The van der Waals surface area contributed by atoms with E-state index in [1.807, 2.05) is 6.07 Å². The fourth-order valence-electron chi connectivity index (χ4n) is 1.97. The van der Waals surface area contributed by atoms with E-state index in [1.165, 1.54) is 0 Å². The molecule has 1 aliphatic rings. The zero-order valence-corrected chi connectivity index (χ0v) is 9.46. The predicted molar refractivity (Wildman–Crippen MR) is 60.1 cm³/mol. The van der Waals surface area contributed by atoms with Gasteiger partial charge in [-0.05, 0) is 12.5 Å². The Morgan fingerprint density at radius 1 is 1.44 bits per heavy atom. The zero-order chi connectivity index (χ0) is 12.5. The Bertz CT molecular complexity index is 644. The number of aliphatic hydroxyl groups excluding tert-OH is 1. The number of hydrogen-bond donors (Lipinski definition) is 1. The molecule has 0 saturated carbocycles. The molecule has 0 spiro atoms. The smallest absolute Gasteiger partial charge is 0.231 e. The highest BCUT2D eigenvalue weighted by Gasteiger charge is 2.25. The van der Waals surface area contributed by atoms with Crippen LogP contribution in [0.2, 0.25) is 0 Å². The van der Waals surface area contributed by atoms with Crippen molar-refractivity contribution in [2.75, 3.05) is 13.4 Å². The van der Waals surface area contributed by atoms with Crippen LogP contribution in [-0.2, 0) is 6.54 Å². The second-order valence-electron chi connectivity index (χ2n) is 3.86. The van der Waals surface area contributed by atoms with E-state index in [0.29, 0.717) is 41.1 Å². The van der Waals surface area contributed by atoms with E-state index in [2.05, 4.69) is 10.3 Å². The third kappa shape index (κ3) is 1.47. The Morgan fingerprint density at radius 3 is 3.06 bits per heavy atom. The van der Waals surface area contributed by atoms with Crippen LogP contribution in [-0.4, -0.2) is 33.5 Å². The number of nitriles is 1. The largest absolute Gasteiger partial charge is 0.452 e. The van der Waals surface area contributed by atoms with Gasteiger partial charge in [0.05, 0.1) is 0 Å². The van der Waals surface area contributed by atoms with E-state index >= 15 is 0 Å². The molecular formula is C11H10N4O3. The van der Waals surface area contributed by atoms with E-state index < -0.39 is 0 Å². The molecule has 0 radical (unpaired) electrons. The number of rotatable bonds is 3. The number of aromatic nitrogens is 3. The first-order chi connectivity index (χ1) is 8.85.